The number of hydrogen-bond acceptors (Lipinski definition) is 3. The largest absolute Gasteiger partial charge is 0.487 e. The van der Waals surface area contributed by atoms with Gasteiger partial charge in [0, 0.05) is 18.0 Å². The lowest BCUT2D eigenvalue weighted by molar-refractivity contribution is 0.112. The molecule has 0 aliphatic rings. The van der Waals surface area contributed by atoms with Crippen LogP contribution in [0.3, 0.4) is 0 Å². The van der Waals surface area contributed by atoms with Crippen LogP contribution in [-0.2, 0) is 6.61 Å². The van der Waals surface area contributed by atoms with Crippen LogP contribution in [0.4, 0.5) is 0 Å². The van der Waals surface area contributed by atoms with Gasteiger partial charge in [-0.2, -0.15) is 0 Å². The van der Waals surface area contributed by atoms with Crippen LogP contribution in [0, 0.1) is 6.92 Å². The summed E-state index contributed by atoms with van der Waals surface area (Å²) in [4.78, 5) is 15.1. The second kappa shape index (κ2) is 5.17. The summed E-state index contributed by atoms with van der Waals surface area (Å²) >= 11 is 0. The van der Waals surface area contributed by atoms with E-state index < -0.39 is 0 Å². The van der Waals surface area contributed by atoms with Crippen molar-refractivity contribution >= 4 is 11.9 Å². The van der Waals surface area contributed by atoms with E-state index in [1.54, 1.807) is 24.3 Å². The van der Waals surface area contributed by atoms with E-state index in [1.807, 2.05) is 35.9 Å². The lowest BCUT2D eigenvalue weighted by Crippen LogP contribution is -1.95. The maximum Gasteiger partial charge on any atom is 0.150 e. The standard InChI is InChI=1S/C16H14N2O2/c1-12-2-7-16-17-14(9-18(16)8-12)11-20-15-5-3-13(10-19)4-6-15/h2-10H,11H2,1H3. The van der Waals surface area contributed by atoms with Crippen molar-refractivity contribution in [3.05, 3.63) is 65.6 Å². The third kappa shape index (κ3) is 2.54. The quantitative estimate of drug-likeness (QED) is 0.682. The van der Waals surface area contributed by atoms with Gasteiger partial charge in [-0.15, -0.1) is 0 Å². The molecule has 0 unspecified atom stereocenters. The zero-order valence-corrected chi connectivity index (χ0v) is 11.1. The van der Waals surface area contributed by atoms with Crippen LogP contribution < -0.4 is 4.74 Å². The Morgan fingerprint density at radius 2 is 1.95 bits per heavy atom. The molecule has 0 amide bonds. The maximum atomic E-state index is 10.6. The molecule has 2 heterocycles. The lowest BCUT2D eigenvalue weighted by Gasteiger charge is -2.03. The number of benzene rings is 1. The molecular formula is C16H14N2O2. The second-order valence-corrected chi connectivity index (χ2v) is 4.68. The fraction of sp³-hybridized carbons (Fsp3) is 0.125. The first-order chi connectivity index (χ1) is 9.74. The van der Waals surface area contributed by atoms with Crippen LogP contribution >= 0.6 is 0 Å². The molecule has 0 saturated heterocycles. The highest BCUT2D eigenvalue weighted by molar-refractivity contribution is 5.74. The zero-order chi connectivity index (χ0) is 13.9. The molecule has 1 aromatic carbocycles. The molecule has 0 radical (unpaired) electrons. The molecule has 20 heavy (non-hydrogen) atoms. The molecule has 4 nitrogen and oxygen atoms in total. The molecule has 2 aromatic heterocycles. The van der Waals surface area contributed by atoms with E-state index in [0.29, 0.717) is 12.2 Å². The molecule has 3 rings (SSSR count). The summed E-state index contributed by atoms with van der Waals surface area (Å²) in [5, 5.41) is 0. The van der Waals surface area contributed by atoms with Crippen molar-refractivity contribution < 1.29 is 9.53 Å². The minimum atomic E-state index is 0.404. The zero-order valence-electron chi connectivity index (χ0n) is 11.1. The first kappa shape index (κ1) is 12.4. The topological polar surface area (TPSA) is 43.6 Å². The molecule has 0 atom stereocenters. The van der Waals surface area contributed by atoms with E-state index in [4.69, 9.17) is 4.74 Å². The summed E-state index contributed by atoms with van der Waals surface area (Å²) in [6.07, 6.45) is 4.81. The Labute approximate surface area is 116 Å². The van der Waals surface area contributed by atoms with E-state index in [9.17, 15) is 4.79 Å². The molecule has 0 N–H and O–H groups in total. The summed E-state index contributed by atoms with van der Waals surface area (Å²) in [7, 11) is 0. The number of ether oxygens (including phenoxy) is 1. The number of pyridine rings is 1. The first-order valence-electron chi connectivity index (χ1n) is 6.37. The van der Waals surface area contributed by atoms with Gasteiger partial charge in [0.1, 0.15) is 24.3 Å². The first-order valence-corrected chi connectivity index (χ1v) is 6.37. The van der Waals surface area contributed by atoms with Crippen LogP contribution in [0.15, 0.2) is 48.8 Å². The summed E-state index contributed by atoms with van der Waals surface area (Å²) in [5.74, 6) is 0.726. The highest BCUT2D eigenvalue weighted by Crippen LogP contribution is 2.14. The Kier molecular flexibility index (Phi) is 3.21. The monoisotopic (exact) mass is 266 g/mol. The van der Waals surface area contributed by atoms with Gasteiger partial charge in [0.2, 0.25) is 0 Å². The number of carbonyl (C=O) groups excluding carboxylic acids is 1. The molecule has 0 bridgehead atoms. The van der Waals surface area contributed by atoms with Crippen molar-refractivity contribution in [3.8, 4) is 5.75 Å². The Bertz CT molecular complexity index is 745. The normalized spacial score (nSPS) is 10.7. The van der Waals surface area contributed by atoms with Crippen LogP contribution in [0.25, 0.3) is 5.65 Å². The van der Waals surface area contributed by atoms with E-state index in [2.05, 4.69) is 4.98 Å². The number of imidazole rings is 1. The van der Waals surface area contributed by atoms with Crippen LogP contribution in [-0.4, -0.2) is 15.7 Å². The van der Waals surface area contributed by atoms with E-state index in [1.165, 1.54) is 5.56 Å². The Hall–Kier alpha value is -2.62. The number of aldehydes is 1. The summed E-state index contributed by atoms with van der Waals surface area (Å²) < 4.78 is 7.65. The van der Waals surface area contributed by atoms with Crippen molar-refractivity contribution in [2.75, 3.05) is 0 Å². The molecule has 0 aliphatic carbocycles. The fourth-order valence-corrected chi connectivity index (χ4v) is 2.02. The van der Waals surface area contributed by atoms with Gasteiger partial charge in [0.05, 0.1) is 5.69 Å². The number of hydrogen-bond donors (Lipinski definition) is 0. The predicted octanol–water partition coefficient (Wildman–Crippen LogP) is 3.03. The molecule has 0 spiro atoms. The molecular weight excluding hydrogens is 252 g/mol. The highest BCUT2D eigenvalue weighted by Gasteiger charge is 2.03. The molecule has 100 valence electrons. The highest BCUT2D eigenvalue weighted by atomic mass is 16.5. The van der Waals surface area contributed by atoms with Gasteiger partial charge in [-0.05, 0) is 42.8 Å². The van der Waals surface area contributed by atoms with Crippen molar-refractivity contribution in [2.24, 2.45) is 0 Å². The minimum Gasteiger partial charge on any atom is -0.487 e. The average Bonchev–Trinajstić information content (AvgIpc) is 2.87. The van der Waals surface area contributed by atoms with Crippen LogP contribution in [0.2, 0.25) is 0 Å². The number of rotatable bonds is 4. The summed E-state index contributed by atoms with van der Waals surface area (Å²) in [5.41, 5.74) is 3.60. The third-order valence-electron chi connectivity index (χ3n) is 3.05. The van der Waals surface area contributed by atoms with Gasteiger partial charge in [-0.1, -0.05) is 6.07 Å². The van der Waals surface area contributed by atoms with Gasteiger partial charge < -0.3 is 9.14 Å². The molecule has 4 heteroatoms. The summed E-state index contributed by atoms with van der Waals surface area (Å²) in [6.45, 7) is 2.45. The number of nitrogens with zero attached hydrogens (tertiary/aromatic N) is 2. The van der Waals surface area contributed by atoms with E-state index in [0.717, 1.165) is 23.4 Å². The maximum absolute atomic E-state index is 10.6. The second-order valence-electron chi connectivity index (χ2n) is 4.68. The molecule has 0 saturated carbocycles. The Morgan fingerprint density at radius 3 is 2.70 bits per heavy atom. The molecule has 3 aromatic rings. The van der Waals surface area contributed by atoms with Crippen molar-refractivity contribution in [3.63, 3.8) is 0 Å². The average molecular weight is 266 g/mol. The Balaban J connectivity index is 1.74. The van der Waals surface area contributed by atoms with Crippen LogP contribution in [0.5, 0.6) is 5.75 Å². The smallest absolute Gasteiger partial charge is 0.150 e. The minimum absolute atomic E-state index is 0.404. The number of aryl methyl sites for hydroxylation is 1. The number of carbonyl (C=O) groups is 1. The summed E-state index contributed by atoms with van der Waals surface area (Å²) in [6, 6.07) is 11.0. The number of fused-ring (bicyclic) bond motifs is 1. The van der Waals surface area contributed by atoms with Crippen molar-refractivity contribution in [2.45, 2.75) is 13.5 Å². The third-order valence-corrected chi connectivity index (χ3v) is 3.05. The van der Waals surface area contributed by atoms with Crippen LogP contribution in [0.1, 0.15) is 21.6 Å². The van der Waals surface area contributed by atoms with Crippen molar-refractivity contribution in [1.29, 1.82) is 0 Å². The molecule has 0 fully saturated rings. The van der Waals surface area contributed by atoms with Gasteiger partial charge in [-0.25, -0.2) is 4.98 Å². The van der Waals surface area contributed by atoms with Gasteiger partial charge in [0.15, 0.2) is 0 Å². The van der Waals surface area contributed by atoms with Gasteiger partial charge in [0.25, 0.3) is 0 Å². The van der Waals surface area contributed by atoms with Crippen molar-refractivity contribution in [1.82, 2.24) is 9.38 Å². The van der Waals surface area contributed by atoms with Gasteiger partial charge in [-0.3, -0.25) is 4.79 Å². The number of aromatic nitrogens is 2. The fourth-order valence-electron chi connectivity index (χ4n) is 2.02. The van der Waals surface area contributed by atoms with Gasteiger partial charge >= 0.3 is 0 Å². The predicted molar refractivity (Wildman–Crippen MR) is 76.1 cm³/mol. The van der Waals surface area contributed by atoms with E-state index >= 15 is 0 Å². The molecule has 0 aliphatic heterocycles. The SMILES string of the molecule is Cc1ccc2nc(COc3ccc(C=O)cc3)cn2c1. The van der Waals surface area contributed by atoms with E-state index in [-0.39, 0.29) is 0 Å². The Morgan fingerprint density at radius 1 is 1.15 bits per heavy atom. The lowest BCUT2D eigenvalue weighted by atomic mass is 10.2.